The van der Waals surface area contributed by atoms with Crippen molar-refractivity contribution in [2.75, 3.05) is 12.5 Å². The largest absolute Gasteiger partial charge is 0.218 e. The minimum absolute atomic E-state index is 1.09. The van der Waals surface area contributed by atoms with Gasteiger partial charge in [0.2, 0.25) is 10.0 Å². The van der Waals surface area contributed by atoms with Gasteiger partial charge in [-0.1, -0.05) is 10.8 Å². The molecule has 0 aromatic heterocycles. The molecule has 50 valence electrons. The highest BCUT2D eigenvalue weighted by Crippen LogP contribution is 2.11. The van der Waals surface area contributed by atoms with E-state index in [0.29, 0.717) is 0 Å². The molecule has 0 aliphatic rings. The average molecular weight is 173 g/mol. The Kier molecular flexibility index (Phi) is 3.87. The predicted octanol–water partition coefficient (Wildman–Crippen LogP) is 0.462. The van der Waals surface area contributed by atoms with E-state index in [1.807, 2.05) is 0 Å². The zero-order valence-electron chi connectivity index (χ0n) is 4.54. The molecule has 0 rings (SSSR count). The fourth-order valence-electron chi connectivity index (χ4n) is 0.0958. The second-order valence-electron chi connectivity index (χ2n) is 1.11. The third kappa shape index (κ3) is 6.61. The van der Waals surface area contributed by atoms with Crippen LogP contribution in [0.5, 0.6) is 0 Å². The van der Waals surface area contributed by atoms with Crippen molar-refractivity contribution in [2.45, 2.75) is 0 Å². The van der Waals surface area contributed by atoms with E-state index >= 15 is 0 Å². The van der Waals surface area contributed by atoms with Crippen LogP contribution in [0.1, 0.15) is 0 Å². The summed E-state index contributed by atoms with van der Waals surface area (Å²) in [6.07, 6.45) is 2.92. The van der Waals surface area contributed by atoms with Crippen molar-refractivity contribution in [1.82, 2.24) is 4.13 Å². The van der Waals surface area contributed by atoms with Crippen LogP contribution >= 0.6 is 21.8 Å². The summed E-state index contributed by atoms with van der Waals surface area (Å²) in [4.78, 5) is 0. The third-order valence-electron chi connectivity index (χ3n) is 0.269. The minimum atomic E-state index is -2.99. The smallest absolute Gasteiger partial charge is 0.212 e. The summed E-state index contributed by atoms with van der Waals surface area (Å²) in [7, 11) is -0.546. The Hall–Kier alpha value is 0.610. The van der Waals surface area contributed by atoms with Crippen LogP contribution in [0.25, 0.3) is 0 Å². The highest BCUT2D eigenvalue weighted by molar-refractivity contribution is 8.76. The molecule has 0 radical (unpaired) electrons. The van der Waals surface area contributed by atoms with Gasteiger partial charge in [0, 0.05) is 11.0 Å². The first-order valence-corrected chi connectivity index (χ1v) is 6.17. The highest BCUT2D eigenvalue weighted by atomic mass is 33.1. The number of hydrogen-bond donors (Lipinski definition) is 1. The minimum Gasteiger partial charge on any atom is -0.212 e. The van der Waals surface area contributed by atoms with Gasteiger partial charge in [-0.05, 0) is 6.26 Å². The lowest BCUT2D eigenvalue weighted by atomic mass is 12.0. The molecule has 8 heavy (non-hydrogen) atoms. The van der Waals surface area contributed by atoms with Crippen molar-refractivity contribution < 1.29 is 8.42 Å². The van der Waals surface area contributed by atoms with Crippen molar-refractivity contribution in [2.24, 2.45) is 0 Å². The molecule has 1 N–H and O–H groups in total. The van der Waals surface area contributed by atoms with Crippen LogP contribution in [0.2, 0.25) is 0 Å². The highest BCUT2D eigenvalue weighted by Gasteiger charge is 1.96. The van der Waals surface area contributed by atoms with Gasteiger partial charge >= 0.3 is 0 Å². The first-order chi connectivity index (χ1) is 3.56. The Morgan fingerprint density at radius 1 is 1.50 bits per heavy atom. The lowest BCUT2D eigenvalue weighted by molar-refractivity contribution is 0.600. The van der Waals surface area contributed by atoms with Gasteiger partial charge in [-0.3, -0.25) is 0 Å². The van der Waals surface area contributed by atoms with Crippen LogP contribution in [0.3, 0.4) is 0 Å². The van der Waals surface area contributed by atoms with Crippen LogP contribution in [0, 0.1) is 0 Å². The molecule has 0 bridgehead atoms. The maximum absolute atomic E-state index is 10.2. The van der Waals surface area contributed by atoms with Crippen LogP contribution in [0.4, 0.5) is 0 Å². The number of sulfonamides is 1. The summed E-state index contributed by atoms with van der Waals surface area (Å²) in [6, 6.07) is 0. The van der Waals surface area contributed by atoms with Gasteiger partial charge in [-0.2, -0.15) is 0 Å². The van der Waals surface area contributed by atoms with E-state index in [-0.39, 0.29) is 0 Å². The molecule has 0 aliphatic carbocycles. The van der Waals surface area contributed by atoms with E-state index in [4.69, 9.17) is 0 Å². The standard InChI is InChI=1S/C2H7NO2S3/c1-6-7-3-8(2,4)5/h3H,1-2H3. The van der Waals surface area contributed by atoms with Gasteiger partial charge in [0.25, 0.3) is 0 Å². The van der Waals surface area contributed by atoms with Crippen molar-refractivity contribution in [1.29, 1.82) is 0 Å². The molecule has 0 unspecified atom stereocenters. The molecule has 6 heteroatoms. The molecule has 0 aliphatic heterocycles. The number of rotatable bonds is 3. The quantitative estimate of drug-likeness (QED) is 0.497. The normalized spacial score (nSPS) is 11.8. The lowest BCUT2D eigenvalue weighted by Gasteiger charge is -1.93. The van der Waals surface area contributed by atoms with Gasteiger partial charge in [0.15, 0.2) is 0 Å². The lowest BCUT2D eigenvalue weighted by Crippen LogP contribution is -2.11. The number of nitrogens with one attached hydrogen (secondary N) is 1. The molecule has 0 atom stereocenters. The van der Waals surface area contributed by atoms with E-state index in [9.17, 15) is 8.42 Å². The van der Waals surface area contributed by atoms with Crippen LogP contribution in [-0.2, 0) is 10.0 Å². The Morgan fingerprint density at radius 3 is 2.12 bits per heavy atom. The summed E-state index contributed by atoms with van der Waals surface area (Å²) in [6.45, 7) is 0. The fraction of sp³-hybridized carbons (Fsp3) is 1.00. The van der Waals surface area contributed by atoms with E-state index in [1.165, 1.54) is 10.8 Å². The van der Waals surface area contributed by atoms with E-state index in [2.05, 4.69) is 4.13 Å². The van der Waals surface area contributed by atoms with Crippen molar-refractivity contribution in [3.63, 3.8) is 0 Å². The van der Waals surface area contributed by atoms with Gasteiger partial charge in [-0.25, -0.2) is 8.42 Å². The van der Waals surface area contributed by atoms with Gasteiger partial charge in [-0.15, -0.1) is 4.13 Å². The van der Waals surface area contributed by atoms with E-state index in [1.54, 1.807) is 6.26 Å². The first kappa shape index (κ1) is 8.61. The van der Waals surface area contributed by atoms with E-state index in [0.717, 1.165) is 17.2 Å². The average Bonchev–Trinajstić information content (AvgIpc) is 1.59. The first-order valence-electron chi connectivity index (χ1n) is 1.72. The summed E-state index contributed by atoms with van der Waals surface area (Å²) in [5, 5.41) is 0. The molecule has 0 heterocycles. The van der Waals surface area contributed by atoms with Crippen molar-refractivity contribution in [3.05, 3.63) is 0 Å². The summed E-state index contributed by atoms with van der Waals surface area (Å²) in [5.74, 6) is 0. The molecule has 0 fully saturated rings. The molecule has 0 saturated heterocycles. The second-order valence-corrected chi connectivity index (χ2v) is 5.32. The molecule has 0 aromatic rings. The Morgan fingerprint density at radius 2 is 2.00 bits per heavy atom. The Labute approximate surface area is 57.2 Å². The van der Waals surface area contributed by atoms with E-state index < -0.39 is 10.0 Å². The topological polar surface area (TPSA) is 46.2 Å². The predicted molar refractivity (Wildman–Crippen MR) is 39.1 cm³/mol. The van der Waals surface area contributed by atoms with Gasteiger partial charge in [0.05, 0.1) is 6.26 Å². The third-order valence-corrected chi connectivity index (χ3v) is 3.03. The summed E-state index contributed by atoms with van der Waals surface area (Å²) in [5.41, 5.74) is 0. The Bertz CT molecular complexity index is 139. The fourth-order valence-corrected chi connectivity index (χ4v) is 2.59. The van der Waals surface area contributed by atoms with Gasteiger partial charge < -0.3 is 0 Å². The SMILES string of the molecule is CSSNS(C)(=O)=O. The second kappa shape index (κ2) is 3.60. The monoisotopic (exact) mass is 173 g/mol. The zero-order valence-corrected chi connectivity index (χ0v) is 6.99. The zero-order chi connectivity index (χ0) is 6.62. The molecule has 0 amide bonds. The van der Waals surface area contributed by atoms with Crippen molar-refractivity contribution >= 4 is 31.8 Å². The van der Waals surface area contributed by atoms with Crippen LogP contribution < -0.4 is 4.13 Å². The van der Waals surface area contributed by atoms with Crippen LogP contribution in [0.15, 0.2) is 0 Å². The molecular weight excluding hydrogens is 166 g/mol. The van der Waals surface area contributed by atoms with Crippen molar-refractivity contribution in [3.8, 4) is 0 Å². The summed E-state index contributed by atoms with van der Waals surface area (Å²) < 4.78 is 22.7. The maximum Gasteiger partial charge on any atom is 0.218 e. The van der Waals surface area contributed by atoms with Crippen LogP contribution in [-0.4, -0.2) is 20.9 Å². The number of hydrogen-bond acceptors (Lipinski definition) is 4. The molecular formula is C2H7NO2S3. The molecule has 3 nitrogen and oxygen atoms in total. The molecule has 0 aromatic carbocycles. The molecule has 0 saturated carbocycles. The van der Waals surface area contributed by atoms with Gasteiger partial charge in [0.1, 0.15) is 0 Å². The molecule has 0 spiro atoms. The maximum atomic E-state index is 10.2. The summed E-state index contributed by atoms with van der Waals surface area (Å²) >= 11 is 0. The Balaban J connectivity index is 3.42.